The van der Waals surface area contributed by atoms with E-state index < -0.39 is 0 Å². The van der Waals surface area contributed by atoms with Gasteiger partial charge in [0, 0.05) is 0 Å². The molecule has 0 aliphatic carbocycles. The fourth-order valence-electron chi connectivity index (χ4n) is 1.59. The van der Waals surface area contributed by atoms with Crippen molar-refractivity contribution in [3.63, 3.8) is 0 Å². The van der Waals surface area contributed by atoms with Gasteiger partial charge in [-0.25, -0.2) is 0 Å². The Morgan fingerprint density at radius 3 is 2.36 bits per heavy atom. The van der Waals surface area contributed by atoms with Crippen molar-refractivity contribution in [2.45, 2.75) is 13.3 Å². The second-order valence-corrected chi connectivity index (χ2v) is 3.96. The second-order valence-electron chi connectivity index (χ2n) is 3.96. The van der Waals surface area contributed by atoms with Gasteiger partial charge < -0.3 is 28.5 Å². The molecule has 1 atom stereocenters. The summed E-state index contributed by atoms with van der Waals surface area (Å²) in [4.78, 5) is 11.1. The number of hydrogen-bond acceptors (Lipinski definition) is 1. The number of Topliss-reactive ketones (excluding diaryl/α,β-unsaturated/α-hetero) is 1. The predicted molar refractivity (Wildman–Crippen MR) is 40.6 cm³/mol. The third-order valence-corrected chi connectivity index (χ3v) is 2.28. The smallest absolute Gasteiger partial charge is 0.146 e. The summed E-state index contributed by atoms with van der Waals surface area (Å²) < 4.78 is 1.01. The molecule has 0 amide bonds. The summed E-state index contributed by atoms with van der Waals surface area (Å²) in [6.45, 7) is 4.06. The van der Waals surface area contributed by atoms with Crippen LogP contribution in [0, 0.1) is 5.92 Å². The molecule has 0 radical (unpaired) electrons. The van der Waals surface area contributed by atoms with Crippen molar-refractivity contribution in [3.05, 3.63) is 0 Å². The molecule has 0 saturated carbocycles. The topological polar surface area (TPSA) is 17.1 Å². The molecule has 1 aliphatic heterocycles. The highest BCUT2D eigenvalue weighted by molar-refractivity contribution is 5.81. The third-order valence-electron chi connectivity index (χ3n) is 2.28. The van der Waals surface area contributed by atoms with E-state index >= 15 is 0 Å². The van der Waals surface area contributed by atoms with E-state index in [1.54, 1.807) is 0 Å². The Morgan fingerprint density at radius 1 is 1.45 bits per heavy atom. The number of likely N-dealkylation sites (tertiary alicyclic amines) is 1. The molecule has 0 aromatic carbocycles. The minimum Gasteiger partial charge on any atom is -1.00 e. The van der Waals surface area contributed by atoms with Crippen LogP contribution in [0.25, 0.3) is 0 Å². The van der Waals surface area contributed by atoms with Gasteiger partial charge in [0.25, 0.3) is 0 Å². The minimum atomic E-state index is 0. The fraction of sp³-hybridized carbons (Fsp3) is 0.875. The van der Waals surface area contributed by atoms with Crippen LogP contribution in [-0.4, -0.2) is 37.5 Å². The number of halogens is 1. The van der Waals surface area contributed by atoms with Crippen molar-refractivity contribution in [1.29, 1.82) is 0 Å². The zero-order chi connectivity index (χ0) is 7.78. The average Bonchev–Trinajstić information content (AvgIpc) is 1.79. The molecule has 0 spiro atoms. The molecule has 1 aliphatic rings. The summed E-state index contributed by atoms with van der Waals surface area (Å²) in [5.41, 5.74) is 0. The van der Waals surface area contributed by atoms with Crippen molar-refractivity contribution in [2.75, 3.05) is 27.2 Å². The van der Waals surface area contributed by atoms with Crippen LogP contribution < -0.4 is 24.0 Å². The first-order chi connectivity index (χ1) is 4.51. The second kappa shape index (κ2) is 3.85. The molecule has 0 bridgehead atoms. The molecular weight excluding hydrogens is 253 g/mol. The molecule has 2 nitrogen and oxygen atoms in total. The first kappa shape index (κ1) is 11.4. The van der Waals surface area contributed by atoms with Gasteiger partial charge >= 0.3 is 0 Å². The van der Waals surface area contributed by atoms with Crippen molar-refractivity contribution in [3.8, 4) is 0 Å². The lowest BCUT2D eigenvalue weighted by molar-refractivity contribution is -0.894. The van der Waals surface area contributed by atoms with Crippen molar-refractivity contribution in [2.24, 2.45) is 5.92 Å². The molecule has 0 aromatic heterocycles. The Hall–Kier alpha value is 0.360. The number of quaternary nitrogens is 1. The van der Waals surface area contributed by atoms with E-state index in [0.29, 0.717) is 5.78 Å². The lowest BCUT2D eigenvalue weighted by atomic mass is 9.97. The van der Waals surface area contributed by atoms with Crippen LogP contribution in [0.3, 0.4) is 0 Å². The van der Waals surface area contributed by atoms with Crippen LogP contribution in [0.5, 0.6) is 0 Å². The molecule has 1 rings (SSSR count). The van der Waals surface area contributed by atoms with Crippen molar-refractivity contribution < 1.29 is 33.3 Å². The Bertz CT molecular complexity index is 156. The van der Waals surface area contributed by atoms with E-state index in [-0.39, 0.29) is 29.9 Å². The number of nitrogens with zero attached hydrogens (tertiary/aromatic N) is 1. The normalized spacial score (nSPS) is 29.4. The third kappa shape index (κ3) is 3.07. The maximum atomic E-state index is 11.1. The largest absolute Gasteiger partial charge is 1.00 e. The molecule has 1 unspecified atom stereocenters. The molecular formula is C8H16INO. The van der Waals surface area contributed by atoms with E-state index in [1.165, 1.54) is 0 Å². The molecule has 66 valence electrons. The molecule has 1 saturated heterocycles. The van der Waals surface area contributed by atoms with Crippen LogP contribution >= 0.6 is 0 Å². The number of carbonyl (C=O) groups is 1. The monoisotopic (exact) mass is 269 g/mol. The van der Waals surface area contributed by atoms with Gasteiger partial charge in [-0.05, 0) is 0 Å². The summed E-state index contributed by atoms with van der Waals surface area (Å²) in [5, 5.41) is 0. The van der Waals surface area contributed by atoms with Gasteiger partial charge in [-0.2, -0.15) is 0 Å². The quantitative estimate of drug-likeness (QED) is 0.356. The molecule has 1 heterocycles. The highest BCUT2D eigenvalue weighted by atomic mass is 127. The van der Waals surface area contributed by atoms with Gasteiger partial charge in [-0.15, -0.1) is 0 Å². The van der Waals surface area contributed by atoms with Crippen molar-refractivity contribution >= 4 is 5.78 Å². The fourth-order valence-corrected chi connectivity index (χ4v) is 1.59. The summed E-state index contributed by atoms with van der Waals surface area (Å²) in [6.07, 6.45) is 0.772. The predicted octanol–water partition coefficient (Wildman–Crippen LogP) is -2.32. The van der Waals surface area contributed by atoms with E-state index in [9.17, 15) is 4.79 Å². The Balaban J connectivity index is 0.000001000. The van der Waals surface area contributed by atoms with Crippen molar-refractivity contribution in [1.82, 2.24) is 0 Å². The van der Waals surface area contributed by atoms with Crippen LogP contribution in [0.2, 0.25) is 0 Å². The highest BCUT2D eigenvalue weighted by Gasteiger charge is 2.30. The van der Waals surface area contributed by atoms with Crippen LogP contribution in [0.1, 0.15) is 13.3 Å². The zero-order valence-corrected chi connectivity index (χ0v) is 9.59. The SMILES string of the molecule is CC1C[N+](C)(C)CCC1=O.[I-]. The number of hydrogen-bond donors (Lipinski definition) is 0. The first-order valence-electron chi connectivity index (χ1n) is 3.86. The van der Waals surface area contributed by atoms with E-state index in [1.807, 2.05) is 6.92 Å². The lowest BCUT2D eigenvalue weighted by Gasteiger charge is -2.35. The Kier molecular flexibility index (Phi) is 3.97. The van der Waals surface area contributed by atoms with Gasteiger partial charge in [0.1, 0.15) is 5.78 Å². The van der Waals surface area contributed by atoms with E-state index in [0.717, 1.165) is 24.0 Å². The Labute approximate surface area is 85.6 Å². The maximum absolute atomic E-state index is 11.1. The lowest BCUT2D eigenvalue weighted by Crippen LogP contribution is -3.00. The summed E-state index contributed by atoms with van der Waals surface area (Å²) in [6, 6.07) is 0. The Morgan fingerprint density at radius 2 is 2.00 bits per heavy atom. The molecule has 0 N–H and O–H groups in total. The average molecular weight is 269 g/mol. The van der Waals surface area contributed by atoms with Gasteiger partial charge in [-0.1, -0.05) is 6.92 Å². The molecule has 0 aromatic rings. The van der Waals surface area contributed by atoms with Gasteiger partial charge in [-0.3, -0.25) is 4.79 Å². The molecule has 11 heavy (non-hydrogen) atoms. The van der Waals surface area contributed by atoms with Gasteiger partial charge in [0.05, 0.1) is 39.5 Å². The van der Waals surface area contributed by atoms with Gasteiger partial charge in [0.2, 0.25) is 0 Å². The van der Waals surface area contributed by atoms with E-state index in [4.69, 9.17) is 0 Å². The molecule has 3 heteroatoms. The van der Waals surface area contributed by atoms with Crippen LogP contribution in [0.15, 0.2) is 0 Å². The zero-order valence-electron chi connectivity index (χ0n) is 7.43. The van der Waals surface area contributed by atoms with Gasteiger partial charge in [0.15, 0.2) is 0 Å². The number of carbonyl (C=O) groups excluding carboxylic acids is 1. The summed E-state index contributed by atoms with van der Waals surface area (Å²) >= 11 is 0. The summed E-state index contributed by atoms with van der Waals surface area (Å²) in [7, 11) is 4.37. The number of rotatable bonds is 0. The highest BCUT2D eigenvalue weighted by Crippen LogP contribution is 2.15. The number of piperidine rings is 1. The minimum absolute atomic E-state index is 0. The van der Waals surface area contributed by atoms with E-state index in [2.05, 4.69) is 14.1 Å². The first-order valence-corrected chi connectivity index (χ1v) is 3.86. The standard InChI is InChI=1S/C8H16NO.HI/c1-7-6-9(2,3)5-4-8(7)10;/h7H,4-6H2,1-3H3;1H/q+1;/p-1. The summed E-state index contributed by atoms with van der Waals surface area (Å²) in [5.74, 6) is 0.723. The maximum Gasteiger partial charge on any atom is 0.146 e. The van der Waals surface area contributed by atoms with Crippen LogP contribution in [-0.2, 0) is 4.79 Å². The van der Waals surface area contributed by atoms with Crippen LogP contribution in [0.4, 0.5) is 0 Å². The number of ketones is 1. The molecule has 1 fully saturated rings.